The van der Waals surface area contributed by atoms with Gasteiger partial charge in [0, 0.05) is 12.2 Å². The van der Waals surface area contributed by atoms with Crippen molar-refractivity contribution in [1.82, 2.24) is 4.98 Å². The first-order valence-electron chi connectivity index (χ1n) is 7.04. The van der Waals surface area contributed by atoms with Gasteiger partial charge in [-0.2, -0.15) is 0 Å². The molecule has 0 atom stereocenters. The van der Waals surface area contributed by atoms with Crippen molar-refractivity contribution in [1.29, 1.82) is 0 Å². The zero-order valence-corrected chi connectivity index (χ0v) is 12.6. The number of carboxylic acids is 1. The highest BCUT2D eigenvalue weighted by atomic mass is 16.4. The van der Waals surface area contributed by atoms with Gasteiger partial charge in [0.25, 0.3) is 0 Å². The van der Waals surface area contributed by atoms with Crippen LogP contribution >= 0.6 is 0 Å². The van der Waals surface area contributed by atoms with Crippen molar-refractivity contribution < 1.29 is 9.90 Å². The zero-order chi connectivity index (χ0) is 15.4. The maximum atomic E-state index is 11.4. The third kappa shape index (κ3) is 3.60. The molecule has 1 heterocycles. The van der Waals surface area contributed by atoms with Crippen molar-refractivity contribution in [3.8, 4) is 0 Å². The van der Waals surface area contributed by atoms with Crippen LogP contribution in [0.4, 0.5) is 5.82 Å². The molecule has 4 heteroatoms. The predicted molar refractivity (Wildman–Crippen MR) is 83.8 cm³/mol. The van der Waals surface area contributed by atoms with Gasteiger partial charge in [-0.25, -0.2) is 9.78 Å². The molecule has 2 N–H and O–H groups in total. The largest absolute Gasteiger partial charge is 0.478 e. The van der Waals surface area contributed by atoms with Crippen molar-refractivity contribution in [3.05, 3.63) is 58.3 Å². The van der Waals surface area contributed by atoms with E-state index >= 15 is 0 Å². The standard InChI is InChI=1S/C17H20N2O2/c1-4-13-5-7-14(8-6-13)10-18-16-15(17(20)21)11(2)9-12(3)19-16/h5-9H,4,10H2,1-3H3,(H,18,19)(H,20,21). The van der Waals surface area contributed by atoms with Gasteiger partial charge in [-0.05, 0) is 43.0 Å². The number of anilines is 1. The lowest BCUT2D eigenvalue weighted by Gasteiger charge is -2.12. The SMILES string of the molecule is CCc1ccc(CNc2nc(C)cc(C)c2C(=O)O)cc1. The Hall–Kier alpha value is -2.36. The fraction of sp³-hybridized carbons (Fsp3) is 0.294. The van der Waals surface area contributed by atoms with Crippen molar-refractivity contribution in [2.75, 3.05) is 5.32 Å². The van der Waals surface area contributed by atoms with Crippen LogP contribution in [-0.2, 0) is 13.0 Å². The molecule has 0 radical (unpaired) electrons. The van der Waals surface area contributed by atoms with E-state index in [9.17, 15) is 9.90 Å². The number of pyridine rings is 1. The number of aromatic nitrogens is 1. The molecule has 0 amide bonds. The third-order valence-electron chi connectivity index (χ3n) is 3.45. The molecule has 0 unspecified atom stereocenters. The van der Waals surface area contributed by atoms with Gasteiger partial charge in [0.15, 0.2) is 0 Å². The van der Waals surface area contributed by atoms with E-state index in [0.29, 0.717) is 12.4 Å². The van der Waals surface area contributed by atoms with Gasteiger partial charge in [0.2, 0.25) is 0 Å². The van der Waals surface area contributed by atoms with Crippen LogP contribution in [-0.4, -0.2) is 16.1 Å². The Morgan fingerprint density at radius 2 is 1.81 bits per heavy atom. The van der Waals surface area contributed by atoms with Crippen LogP contribution in [0.15, 0.2) is 30.3 Å². The smallest absolute Gasteiger partial charge is 0.339 e. The molecule has 2 aromatic rings. The summed E-state index contributed by atoms with van der Waals surface area (Å²) in [5.74, 6) is -0.525. The van der Waals surface area contributed by atoms with Crippen molar-refractivity contribution in [2.45, 2.75) is 33.7 Å². The summed E-state index contributed by atoms with van der Waals surface area (Å²) < 4.78 is 0. The minimum atomic E-state index is -0.955. The van der Waals surface area contributed by atoms with Gasteiger partial charge in [-0.3, -0.25) is 0 Å². The first kappa shape index (κ1) is 15.0. The summed E-state index contributed by atoms with van der Waals surface area (Å²) in [6, 6.07) is 10.1. The summed E-state index contributed by atoms with van der Waals surface area (Å²) in [6.07, 6.45) is 1.01. The quantitative estimate of drug-likeness (QED) is 0.881. The molecule has 1 aromatic heterocycles. The highest BCUT2D eigenvalue weighted by Crippen LogP contribution is 2.19. The van der Waals surface area contributed by atoms with Gasteiger partial charge in [0.1, 0.15) is 11.4 Å². The molecule has 0 bridgehead atoms. The lowest BCUT2D eigenvalue weighted by molar-refractivity contribution is 0.0697. The van der Waals surface area contributed by atoms with Crippen molar-refractivity contribution in [3.63, 3.8) is 0 Å². The molecule has 110 valence electrons. The Morgan fingerprint density at radius 1 is 1.19 bits per heavy atom. The predicted octanol–water partition coefficient (Wildman–Crippen LogP) is 3.57. The minimum absolute atomic E-state index is 0.241. The number of carboxylic acid groups (broad SMARTS) is 1. The van der Waals surface area contributed by atoms with Crippen LogP contribution in [0.1, 0.15) is 39.7 Å². The molecule has 0 spiro atoms. The lowest BCUT2D eigenvalue weighted by atomic mass is 10.1. The van der Waals surface area contributed by atoms with Crippen LogP contribution < -0.4 is 5.32 Å². The Balaban J connectivity index is 2.20. The second kappa shape index (κ2) is 6.39. The number of aryl methyl sites for hydroxylation is 3. The second-order valence-corrected chi connectivity index (χ2v) is 5.13. The van der Waals surface area contributed by atoms with Crippen LogP contribution in [0.25, 0.3) is 0 Å². The van der Waals surface area contributed by atoms with Gasteiger partial charge < -0.3 is 10.4 Å². The second-order valence-electron chi connectivity index (χ2n) is 5.13. The normalized spacial score (nSPS) is 10.4. The van der Waals surface area contributed by atoms with E-state index < -0.39 is 5.97 Å². The maximum absolute atomic E-state index is 11.4. The highest BCUT2D eigenvalue weighted by molar-refractivity contribution is 5.94. The molecule has 0 aliphatic carbocycles. The number of nitrogens with zero attached hydrogens (tertiary/aromatic N) is 1. The van der Waals surface area contributed by atoms with Crippen molar-refractivity contribution in [2.24, 2.45) is 0 Å². The van der Waals surface area contributed by atoms with E-state index in [-0.39, 0.29) is 5.56 Å². The van der Waals surface area contributed by atoms with Crippen LogP contribution in [0, 0.1) is 13.8 Å². The number of carbonyl (C=O) groups is 1. The number of aromatic carboxylic acids is 1. The van der Waals surface area contributed by atoms with E-state index in [0.717, 1.165) is 23.2 Å². The van der Waals surface area contributed by atoms with E-state index in [4.69, 9.17) is 0 Å². The Labute approximate surface area is 124 Å². The molecular weight excluding hydrogens is 264 g/mol. The van der Waals surface area contributed by atoms with E-state index in [1.807, 2.05) is 6.92 Å². The molecule has 0 saturated carbocycles. The van der Waals surface area contributed by atoms with Crippen LogP contribution in [0.3, 0.4) is 0 Å². The molecule has 1 aromatic carbocycles. The minimum Gasteiger partial charge on any atom is -0.478 e. The Bertz CT molecular complexity index is 649. The van der Waals surface area contributed by atoms with Gasteiger partial charge in [0.05, 0.1) is 0 Å². The van der Waals surface area contributed by atoms with E-state index in [2.05, 4.69) is 41.5 Å². The molecule has 2 rings (SSSR count). The third-order valence-corrected chi connectivity index (χ3v) is 3.45. The zero-order valence-electron chi connectivity index (χ0n) is 12.6. The van der Waals surface area contributed by atoms with Gasteiger partial charge >= 0.3 is 5.97 Å². The molecule has 0 saturated heterocycles. The summed E-state index contributed by atoms with van der Waals surface area (Å²) >= 11 is 0. The van der Waals surface area contributed by atoms with Gasteiger partial charge in [-0.1, -0.05) is 31.2 Å². The topological polar surface area (TPSA) is 62.2 Å². The first-order chi connectivity index (χ1) is 10.0. The average Bonchev–Trinajstić information content (AvgIpc) is 2.44. The van der Waals surface area contributed by atoms with Crippen LogP contribution in [0.5, 0.6) is 0 Å². The first-order valence-corrected chi connectivity index (χ1v) is 7.04. The Morgan fingerprint density at radius 3 is 2.38 bits per heavy atom. The van der Waals surface area contributed by atoms with Gasteiger partial charge in [-0.15, -0.1) is 0 Å². The molecule has 21 heavy (non-hydrogen) atoms. The summed E-state index contributed by atoms with van der Waals surface area (Å²) in [7, 11) is 0. The fourth-order valence-corrected chi connectivity index (χ4v) is 2.31. The average molecular weight is 284 g/mol. The summed E-state index contributed by atoms with van der Waals surface area (Å²) in [5.41, 5.74) is 4.16. The fourth-order valence-electron chi connectivity index (χ4n) is 2.31. The molecule has 0 aliphatic rings. The molecule has 0 fully saturated rings. The summed E-state index contributed by atoms with van der Waals surface area (Å²) in [4.78, 5) is 15.7. The number of benzene rings is 1. The Kier molecular flexibility index (Phi) is 4.58. The summed E-state index contributed by atoms with van der Waals surface area (Å²) in [6.45, 7) is 6.32. The number of hydrogen-bond donors (Lipinski definition) is 2. The molecular formula is C17H20N2O2. The number of hydrogen-bond acceptors (Lipinski definition) is 3. The van der Waals surface area contributed by atoms with E-state index in [1.165, 1.54) is 5.56 Å². The number of nitrogens with one attached hydrogen (secondary N) is 1. The maximum Gasteiger partial charge on any atom is 0.339 e. The molecule has 0 aliphatic heterocycles. The van der Waals surface area contributed by atoms with Crippen LogP contribution in [0.2, 0.25) is 0 Å². The number of rotatable bonds is 5. The summed E-state index contributed by atoms with van der Waals surface area (Å²) in [5, 5.41) is 12.5. The van der Waals surface area contributed by atoms with E-state index in [1.54, 1.807) is 13.0 Å². The lowest BCUT2D eigenvalue weighted by Crippen LogP contribution is -2.11. The van der Waals surface area contributed by atoms with Crippen molar-refractivity contribution >= 4 is 11.8 Å². The molecule has 4 nitrogen and oxygen atoms in total. The monoisotopic (exact) mass is 284 g/mol. The highest BCUT2D eigenvalue weighted by Gasteiger charge is 2.15.